The molecule has 0 heterocycles. The molecule has 0 aromatic carbocycles. The summed E-state index contributed by atoms with van der Waals surface area (Å²) in [5.41, 5.74) is 0. The van der Waals surface area contributed by atoms with Crippen molar-refractivity contribution < 1.29 is 14.9 Å². The third-order valence-electron chi connectivity index (χ3n) is 5.16. The van der Waals surface area contributed by atoms with Gasteiger partial charge < -0.3 is 14.9 Å². The molecule has 0 saturated carbocycles. The van der Waals surface area contributed by atoms with Gasteiger partial charge in [0.25, 0.3) is 0 Å². The zero-order valence-corrected chi connectivity index (χ0v) is 17.7. The fourth-order valence-corrected chi connectivity index (χ4v) is 3.38. The lowest BCUT2D eigenvalue weighted by Gasteiger charge is -2.08. The maximum Gasteiger partial charge on any atom is 0.100 e. The maximum atomic E-state index is 9.13. The first-order valence-electron chi connectivity index (χ1n) is 11.7. The largest absolute Gasteiger partial charge is 0.394 e. The summed E-state index contributed by atoms with van der Waals surface area (Å²) < 4.78 is 5.31. The van der Waals surface area contributed by atoms with Gasteiger partial charge in [0.15, 0.2) is 0 Å². The molecule has 0 spiro atoms. The molecule has 1 atom stereocenters. The average molecular weight is 373 g/mol. The van der Waals surface area contributed by atoms with Crippen molar-refractivity contribution in [3.8, 4) is 0 Å². The van der Waals surface area contributed by atoms with Gasteiger partial charge in [0.1, 0.15) is 6.10 Å². The van der Waals surface area contributed by atoms with Gasteiger partial charge in [-0.15, -0.1) is 0 Å². The van der Waals surface area contributed by atoms with Gasteiger partial charge in [-0.05, 0) is 6.42 Å². The van der Waals surface area contributed by atoms with Crippen LogP contribution in [0.5, 0.6) is 0 Å². The predicted octanol–water partition coefficient (Wildman–Crippen LogP) is 6.40. The van der Waals surface area contributed by atoms with E-state index in [4.69, 9.17) is 14.9 Å². The molecule has 0 rings (SSSR count). The molecule has 0 fully saturated rings. The Labute approximate surface area is 163 Å². The summed E-state index contributed by atoms with van der Waals surface area (Å²) in [5.74, 6) is 0. The lowest BCUT2D eigenvalue weighted by atomic mass is 10.0. The van der Waals surface area contributed by atoms with Crippen LogP contribution in [-0.2, 0) is 4.74 Å². The molecule has 0 radical (unpaired) electrons. The van der Waals surface area contributed by atoms with Gasteiger partial charge in [-0.3, -0.25) is 0 Å². The number of aliphatic hydroxyl groups excluding tert-OH is 2. The van der Waals surface area contributed by atoms with Crippen molar-refractivity contribution in [3.05, 3.63) is 0 Å². The first-order chi connectivity index (χ1) is 12.8. The lowest BCUT2D eigenvalue weighted by molar-refractivity contribution is 0.00526. The lowest BCUT2D eigenvalue weighted by Crippen LogP contribution is -2.19. The molecule has 0 aliphatic heterocycles. The van der Waals surface area contributed by atoms with Crippen molar-refractivity contribution in [3.63, 3.8) is 0 Å². The summed E-state index contributed by atoms with van der Waals surface area (Å²) in [4.78, 5) is 0. The Kier molecular flexibility index (Phi) is 22.8. The van der Waals surface area contributed by atoms with E-state index in [1.165, 1.54) is 109 Å². The number of hydrogen-bond acceptors (Lipinski definition) is 3. The van der Waals surface area contributed by atoms with Gasteiger partial charge in [-0.1, -0.05) is 116 Å². The Morgan fingerprint density at radius 3 is 1.27 bits per heavy atom. The molecule has 2 N–H and O–H groups in total. The highest BCUT2D eigenvalue weighted by atomic mass is 16.5. The molecule has 0 saturated heterocycles. The van der Waals surface area contributed by atoms with E-state index in [1.807, 2.05) is 0 Å². The van der Waals surface area contributed by atoms with E-state index in [1.54, 1.807) is 0 Å². The highest BCUT2D eigenvalue weighted by Crippen LogP contribution is 2.14. The van der Waals surface area contributed by atoms with Crippen LogP contribution in [0, 0.1) is 0 Å². The van der Waals surface area contributed by atoms with Crippen LogP contribution in [0.2, 0.25) is 0 Å². The van der Waals surface area contributed by atoms with Crippen LogP contribution in [0.4, 0.5) is 0 Å². The third-order valence-corrected chi connectivity index (χ3v) is 5.16. The smallest absolute Gasteiger partial charge is 0.100 e. The molecule has 0 aromatic heterocycles. The summed E-state index contributed by atoms with van der Waals surface area (Å²) in [6.45, 7) is 3.04. The Hall–Kier alpha value is -0.120. The predicted molar refractivity (Wildman–Crippen MR) is 113 cm³/mol. The summed E-state index contributed by atoms with van der Waals surface area (Å²) in [7, 11) is 0. The minimum absolute atomic E-state index is 0.209. The fraction of sp³-hybridized carbons (Fsp3) is 1.00. The molecule has 26 heavy (non-hydrogen) atoms. The van der Waals surface area contributed by atoms with E-state index >= 15 is 0 Å². The van der Waals surface area contributed by atoms with Crippen molar-refractivity contribution in [2.75, 3.05) is 19.8 Å². The van der Waals surface area contributed by atoms with Crippen LogP contribution in [-0.4, -0.2) is 36.1 Å². The molecule has 0 aliphatic carbocycles. The zero-order chi connectivity index (χ0) is 19.1. The van der Waals surface area contributed by atoms with Crippen molar-refractivity contribution in [1.29, 1.82) is 0 Å². The minimum Gasteiger partial charge on any atom is -0.394 e. The summed E-state index contributed by atoms with van der Waals surface area (Å²) >= 11 is 0. The molecule has 0 aliphatic rings. The maximum absolute atomic E-state index is 9.13. The highest BCUT2D eigenvalue weighted by Gasteiger charge is 2.00. The number of aliphatic hydroxyl groups is 2. The second-order valence-electron chi connectivity index (χ2n) is 7.92. The van der Waals surface area contributed by atoms with E-state index in [-0.39, 0.29) is 13.2 Å². The Morgan fingerprint density at radius 1 is 0.577 bits per heavy atom. The molecule has 3 nitrogen and oxygen atoms in total. The van der Waals surface area contributed by atoms with Crippen LogP contribution in [0.3, 0.4) is 0 Å². The molecule has 0 aromatic rings. The third kappa shape index (κ3) is 21.9. The van der Waals surface area contributed by atoms with Gasteiger partial charge in [0.2, 0.25) is 0 Å². The van der Waals surface area contributed by atoms with E-state index in [2.05, 4.69) is 6.92 Å². The van der Waals surface area contributed by atoms with Gasteiger partial charge in [0.05, 0.1) is 13.2 Å². The SMILES string of the molecule is CCCCCCCCCCCCCCCCCCCCOCC(O)CO. The summed E-state index contributed by atoms with van der Waals surface area (Å²) in [6.07, 6.45) is 24.2. The van der Waals surface area contributed by atoms with Crippen LogP contribution >= 0.6 is 0 Å². The number of unbranched alkanes of at least 4 members (excludes halogenated alkanes) is 17. The minimum atomic E-state index is -0.717. The Bertz CT molecular complexity index is 246. The molecule has 0 amide bonds. The van der Waals surface area contributed by atoms with Gasteiger partial charge in [-0.25, -0.2) is 0 Å². The summed E-state index contributed by atoms with van der Waals surface area (Å²) in [5, 5.41) is 17.8. The monoisotopic (exact) mass is 372 g/mol. The second-order valence-corrected chi connectivity index (χ2v) is 7.92. The topological polar surface area (TPSA) is 49.7 Å². The Balaban J connectivity index is 2.99. The van der Waals surface area contributed by atoms with Crippen LogP contribution in [0.15, 0.2) is 0 Å². The fourth-order valence-electron chi connectivity index (χ4n) is 3.38. The molecular formula is C23H48O3. The van der Waals surface area contributed by atoms with E-state index in [9.17, 15) is 0 Å². The van der Waals surface area contributed by atoms with Crippen LogP contribution in [0.1, 0.15) is 122 Å². The zero-order valence-electron chi connectivity index (χ0n) is 17.7. The standard InChI is InChI=1S/C23H48O3/c1-2-3-4-5-6-7-8-9-10-11-12-13-14-15-16-17-18-19-20-26-22-23(25)21-24/h23-25H,2-22H2,1H3. The number of ether oxygens (including phenoxy) is 1. The van der Waals surface area contributed by atoms with Crippen molar-refractivity contribution in [2.24, 2.45) is 0 Å². The van der Waals surface area contributed by atoms with Gasteiger partial charge >= 0.3 is 0 Å². The molecule has 1 unspecified atom stereocenters. The first kappa shape index (κ1) is 25.9. The number of rotatable bonds is 22. The first-order valence-corrected chi connectivity index (χ1v) is 11.7. The summed E-state index contributed by atoms with van der Waals surface area (Å²) in [6, 6.07) is 0. The molecule has 158 valence electrons. The normalized spacial score (nSPS) is 12.6. The van der Waals surface area contributed by atoms with Gasteiger partial charge in [-0.2, -0.15) is 0 Å². The van der Waals surface area contributed by atoms with Crippen molar-refractivity contribution in [1.82, 2.24) is 0 Å². The quantitative estimate of drug-likeness (QED) is 0.216. The van der Waals surface area contributed by atoms with E-state index in [0.717, 1.165) is 6.42 Å². The molecule has 0 bridgehead atoms. The van der Waals surface area contributed by atoms with Gasteiger partial charge in [0, 0.05) is 6.61 Å². The Morgan fingerprint density at radius 2 is 0.923 bits per heavy atom. The average Bonchev–Trinajstić information content (AvgIpc) is 2.66. The molecule has 3 heteroatoms. The van der Waals surface area contributed by atoms with Crippen LogP contribution < -0.4 is 0 Å². The number of hydrogen-bond donors (Lipinski definition) is 2. The molecular weight excluding hydrogens is 324 g/mol. The van der Waals surface area contributed by atoms with Crippen molar-refractivity contribution in [2.45, 2.75) is 129 Å². The van der Waals surface area contributed by atoms with Crippen LogP contribution in [0.25, 0.3) is 0 Å². The highest BCUT2D eigenvalue weighted by molar-refractivity contribution is 4.51. The van der Waals surface area contributed by atoms with Crippen molar-refractivity contribution >= 4 is 0 Å². The van der Waals surface area contributed by atoms with E-state index in [0.29, 0.717) is 6.61 Å². The van der Waals surface area contributed by atoms with E-state index < -0.39 is 6.10 Å². The second kappa shape index (κ2) is 22.9.